The van der Waals surface area contributed by atoms with Gasteiger partial charge in [-0.3, -0.25) is 19.3 Å². The fourth-order valence-electron chi connectivity index (χ4n) is 5.14. The van der Waals surface area contributed by atoms with Crippen LogP contribution in [-0.4, -0.2) is 33.9 Å². The summed E-state index contributed by atoms with van der Waals surface area (Å²) < 4.78 is 4.91. The molecule has 0 bridgehead atoms. The molecule has 3 N–H and O–H groups in total. The highest BCUT2D eigenvalue weighted by molar-refractivity contribution is 6.21. The molecule has 2 aliphatic rings. The van der Waals surface area contributed by atoms with Crippen LogP contribution in [0.15, 0.2) is 76.7 Å². The Bertz CT molecular complexity index is 1290. The minimum atomic E-state index is -0.595. The third kappa shape index (κ3) is 4.12. The number of aliphatic hydroxyl groups is 1. The molecule has 0 radical (unpaired) electrons. The van der Waals surface area contributed by atoms with Gasteiger partial charge in [0.1, 0.15) is 12.0 Å². The van der Waals surface area contributed by atoms with Gasteiger partial charge in [0.25, 0.3) is 5.91 Å². The topological polar surface area (TPSA) is 127 Å². The highest BCUT2D eigenvalue weighted by atomic mass is 16.5. The summed E-state index contributed by atoms with van der Waals surface area (Å²) in [5, 5.41) is 14.9. The Kier molecular flexibility index (Phi) is 5.94. The van der Waals surface area contributed by atoms with E-state index >= 15 is 0 Å². The number of carbonyl (C=O) groups is 3. The van der Waals surface area contributed by atoms with Gasteiger partial charge in [0, 0.05) is 28.4 Å². The number of ketones is 1. The summed E-state index contributed by atoms with van der Waals surface area (Å²) in [6, 6.07) is 14.4. The van der Waals surface area contributed by atoms with Crippen molar-refractivity contribution in [3.63, 3.8) is 0 Å². The predicted molar refractivity (Wildman–Crippen MR) is 129 cm³/mol. The first-order valence-corrected chi connectivity index (χ1v) is 11.7. The number of nitrogens with zero attached hydrogens (tertiary/aromatic N) is 2. The standard InChI is InChI=1S/C27H25N3O5/c28-26(33)19-8-6-18(7-9-19)24(31)22-23(17-4-2-1-3-5-17)30(27(34)25(22)32)20-12-10-16(11-13-20)21-14-15-35-29-21/h6-15,17,23,32H,1-5H2,(H2,28,33). The van der Waals surface area contributed by atoms with Crippen LogP contribution in [0, 0.1) is 5.92 Å². The van der Waals surface area contributed by atoms with Gasteiger partial charge in [-0.2, -0.15) is 0 Å². The Labute approximate surface area is 202 Å². The van der Waals surface area contributed by atoms with E-state index < -0.39 is 29.4 Å². The van der Waals surface area contributed by atoms with Crippen LogP contribution in [0.4, 0.5) is 5.69 Å². The fourth-order valence-corrected chi connectivity index (χ4v) is 5.14. The smallest absolute Gasteiger partial charge is 0.294 e. The van der Waals surface area contributed by atoms with E-state index in [-0.39, 0.29) is 22.6 Å². The lowest BCUT2D eigenvalue weighted by atomic mass is 9.79. The van der Waals surface area contributed by atoms with Gasteiger partial charge in [-0.05, 0) is 43.0 Å². The maximum Gasteiger partial charge on any atom is 0.294 e. The molecule has 5 rings (SSSR count). The number of benzene rings is 2. The molecule has 1 fully saturated rings. The minimum absolute atomic E-state index is 0.0383. The minimum Gasteiger partial charge on any atom is -0.503 e. The van der Waals surface area contributed by atoms with Gasteiger partial charge >= 0.3 is 0 Å². The monoisotopic (exact) mass is 471 g/mol. The molecular weight excluding hydrogens is 446 g/mol. The van der Waals surface area contributed by atoms with Crippen LogP contribution < -0.4 is 10.6 Å². The molecule has 1 unspecified atom stereocenters. The molecule has 2 aromatic carbocycles. The molecule has 1 atom stereocenters. The number of primary amides is 1. The first kappa shape index (κ1) is 22.6. The number of hydrogen-bond acceptors (Lipinski definition) is 6. The van der Waals surface area contributed by atoms with Crippen LogP contribution in [0.2, 0.25) is 0 Å². The van der Waals surface area contributed by atoms with Gasteiger partial charge < -0.3 is 15.4 Å². The molecule has 178 valence electrons. The number of nitrogens with two attached hydrogens (primary N) is 1. The number of aliphatic hydroxyl groups excluding tert-OH is 1. The summed E-state index contributed by atoms with van der Waals surface area (Å²) in [7, 11) is 0. The van der Waals surface area contributed by atoms with Crippen molar-refractivity contribution in [2.45, 2.75) is 38.1 Å². The summed E-state index contributed by atoms with van der Waals surface area (Å²) in [5.74, 6) is -2.10. The number of carbonyl (C=O) groups excluding carboxylic acids is 3. The van der Waals surface area contributed by atoms with Crippen molar-refractivity contribution < 1.29 is 24.0 Å². The summed E-state index contributed by atoms with van der Waals surface area (Å²) in [6.07, 6.45) is 6.32. The zero-order valence-corrected chi connectivity index (χ0v) is 19.0. The second-order valence-corrected chi connectivity index (χ2v) is 8.98. The molecule has 2 amide bonds. The Balaban J connectivity index is 1.52. The van der Waals surface area contributed by atoms with Crippen LogP contribution in [0.1, 0.15) is 52.8 Å². The maximum atomic E-state index is 13.6. The summed E-state index contributed by atoms with van der Waals surface area (Å²) in [6.45, 7) is 0. The van der Waals surface area contributed by atoms with Gasteiger partial charge in [0.15, 0.2) is 11.5 Å². The SMILES string of the molecule is NC(=O)c1ccc(C(=O)C2=C(O)C(=O)N(c3ccc(-c4ccon4)cc3)C2C2CCCCC2)cc1. The predicted octanol–water partition coefficient (Wildman–Crippen LogP) is 4.43. The quantitative estimate of drug-likeness (QED) is 0.512. The van der Waals surface area contributed by atoms with Gasteiger partial charge in [0.2, 0.25) is 5.91 Å². The Hall–Kier alpha value is -4.20. The molecule has 1 aliphatic carbocycles. The van der Waals surface area contributed by atoms with Gasteiger partial charge in [0.05, 0.1) is 11.6 Å². The highest BCUT2D eigenvalue weighted by Crippen LogP contribution is 2.41. The van der Waals surface area contributed by atoms with Crippen molar-refractivity contribution >= 4 is 23.3 Å². The van der Waals surface area contributed by atoms with Gasteiger partial charge in [-0.25, -0.2) is 0 Å². The molecule has 3 aromatic rings. The van der Waals surface area contributed by atoms with Crippen molar-refractivity contribution in [3.05, 3.63) is 83.3 Å². The van der Waals surface area contributed by atoms with Crippen molar-refractivity contribution in [3.8, 4) is 11.3 Å². The average molecular weight is 472 g/mol. The Morgan fingerprint density at radius 3 is 2.20 bits per heavy atom. The Morgan fingerprint density at radius 1 is 0.943 bits per heavy atom. The van der Waals surface area contributed by atoms with Crippen LogP contribution in [0.25, 0.3) is 11.3 Å². The number of rotatable bonds is 6. The number of aromatic nitrogens is 1. The normalized spacial score (nSPS) is 18.8. The summed E-state index contributed by atoms with van der Waals surface area (Å²) in [4.78, 5) is 39.9. The van der Waals surface area contributed by atoms with E-state index in [1.54, 1.807) is 23.1 Å². The number of hydrogen-bond donors (Lipinski definition) is 2. The van der Waals surface area contributed by atoms with Gasteiger partial charge in [-0.1, -0.05) is 48.7 Å². The zero-order valence-electron chi connectivity index (χ0n) is 19.0. The number of anilines is 1. The largest absolute Gasteiger partial charge is 0.503 e. The number of Topliss-reactive ketones (excluding diaryl/α,β-unsaturated/α-hetero) is 1. The van der Waals surface area contributed by atoms with E-state index in [2.05, 4.69) is 5.16 Å². The first-order valence-electron chi connectivity index (χ1n) is 11.7. The zero-order chi connectivity index (χ0) is 24.5. The summed E-state index contributed by atoms with van der Waals surface area (Å²) in [5.41, 5.74) is 8.07. The van der Waals surface area contributed by atoms with E-state index in [0.717, 1.165) is 37.7 Å². The molecule has 8 nitrogen and oxygen atoms in total. The second kappa shape index (κ2) is 9.21. The second-order valence-electron chi connectivity index (χ2n) is 8.98. The average Bonchev–Trinajstić information content (AvgIpc) is 3.52. The molecule has 0 saturated heterocycles. The molecule has 1 saturated carbocycles. The molecular formula is C27H25N3O5. The molecule has 0 spiro atoms. The molecule has 8 heteroatoms. The lowest BCUT2D eigenvalue weighted by Gasteiger charge is -2.35. The lowest BCUT2D eigenvalue weighted by molar-refractivity contribution is -0.117. The molecule has 1 aliphatic heterocycles. The van der Waals surface area contributed by atoms with Crippen molar-refractivity contribution in [2.75, 3.05) is 4.90 Å². The fraction of sp³-hybridized carbons (Fsp3) is 0.259. The van der Waals surface area contributed by atoms with Crippen LogP contribution >= 0.6 is 0 Å². The summed E-state index contributed by atoms with van der Waals surface area (Å²) >= 11 is 0. The van der Waals surface area contributed by atoms with E-state index in [9.17, 15) is 19.5 Å². The van der Waals surface area contributed by atoms with Crippen LogP contribution in [-0.2, 0) is 4.79 Å². The molecule has 1 aromatic heterocycles. The van der Waals surface area contributed by atoms with E-state index in [0.29, 0.717) is 11.4 Å². The van der Waals surface area contributed by atoms with Crippen LogP contribution in [0.3, 0.4) is 0 Å². The van der Waals surface area contributed by atoms with E-state index in [1.807, 2.05) is 12.1 Å². The van der Waals surface area contributed by atoms with Crippen LogP contribution in [0.5, 0.6) is 0 Å². The van der Waals surface area contributed by atoms with E-state index in [1.165, 1.54) is 30.5 Å². The molecule has 2 heterocycles. The Morgan fingerprint density at radius 2 is 1.60 bits per heavy atom. The molecule has 35 heavy (non-hydrogen) atoms. The highest BCUT2D eigenvalue weighted by Gasteiger charge is 2.47. The first-order chi connectivity index (χ1) is 17.0. The lowest BCUT2D eigenvalue weighted by Crippen LogP contribution is -2.42. The van der Waals surface area contributed by atoms with Crippen molar-refractivity contribution in [1.29, 1.82) is 0 Å². The third-order valence-corrected chi connectivity index (χ3v) is 6.90. The third-order valence-electron chi connectivity index (χ3n) is 6.90. The van der Waals surface area contributed by atoms with Gasteiger partial charge in [-0.15, -0.1) is 0 Å². The van der Waals surface area contributed by atoms with E-state index in [4.69, 9.17) is 10.3 Å². The van der Waals surface area contributed by atoms with Crippen molar-refractivity contribution in [2.24, 2.45) is 11.7 Å². The number of amides is 2. The maximum absolute atomic E-state index is 13.6. The van der Waals surface area contributed by atoms with Crippen molar-refractivity contribution in [1.82, 2.24) is 5.16 Å².